The second-order valence-corrected chi connectivity index (χ2v) is 5.12. The predicted molar refractivity (Wildman–Crippen MR) is 65.8 cm³/mol. The summed E-state index contributed by atoms with van der Waals surface area (Å²) in [5, 5.41) is 10.4. The number of ether oxygens (including phenoxy) is 1. The minimum atomic E-state index is -1.31. The molecule has 0 spiro atoms. The minimum absolute atomic E-state index is 0.381. The van der Waals surface area contributed by atoms with Crippen LogP contribution in [0.1, 0.15) is 26.5 Å². The van der Waals surface area contributed by atoms with Gasteiger partial charge in [0.15, 0.2) is 11.3 Å². The van der Waals surface area contributed by atoms with Crippen LogP contribution in [0.3, 0.4) is 0 Å². The monoisotopic (exact) mass is 250 g/mol. The van der Waals surface area contributed by atoms with Crippen molar-refractivity contribution in [2.24, 2.45) is 0 Å². The average Bonchev–Trinajstić information content (AvgIpc) is 2.43. The van der Waals surface area contributed by atoms with Crippen LogP contribution >= 0.6 is 0 Å². The van der Waals surface area contributed by atoms with Crippen LogP contribution in [0.25, 0.3) is 0 Å². The molecule has 1 aliphatic rings. The summed E-state index contributed by atoms with van der Waals surface area (Å²) < 4.78 is 5.18. The van der Waals surface area contributed by atoms with Crippen LogP contribution in [0.2, 0.25) is 0 Å². The van der Waals surface area contributed by atoms with Gasteiger partial charge in [0, 0.05) is 24.9 Å². The number of amides is 1. The second-order valence-electron chi connectivity index (χ2n) is 5.12. The topological polar surface area (TPSA) is 62.7 Å². The number of pyridine rings is 1. The fraction of sp³-hybridized carbons (Fsp3) is 0.538. The first kappa shape index (κ1) is 12.8. The van der Waals surface area contributed by atoms with E-state index >= 15 is 0 Å². The summed E-state index contributed by atoms with van der Waals surface area (Å²) in [5.41, 5.74) is -1.33. The van der Waals surface area contributed by atoms with Crippen LogP contribution in [-0.4, -0.2) is 39.0 Å². The Morgan fingerprint density at radius 3 is 2.61 bits per heavy atom. The maximum Gasteiger partial charge on any atom is 0.412 e. The molecular formula is C13H18N2O3. The number of aromatic nitrogens is 1. The van der Waals surface area contributed by atoms with E-state index in [1.54, 1.807) is 27.0 Å². The number of hydrogen-bond acceptors (Lipinski definition) is 4. The van der Waals surface area contributed by atoms with E-state index in [9.17, 15) is 9.90 Å². The Morgan fingerprint density at radius 1 is 1.39 bits per heavy atom. The van der Waals surface area contributed by atoms with Crippen LogP contribution in [0.4, 0.5) is 4.79 Å². The van der Waals surface area contributed by atoms with Gasteiger partial charge < -0.3 is 9.84 Å². The van der Waals surface area contributed by atoms with Crippen molar-refractivity contribution in [1.29, 1.82) is 0 Å². The molecule has 0 saturated carbocycles. The Labute approximate surface area is 106 Å². The summed E-state index contributed by atoms with van der Waals surface area (Å²) >= 11 is 0. The Hall–Kier alpha value is -1.62. The molecule has 1 aromatic rings. The number of nitrogens with zero attached hydrogens (tertiary/aromatic N) is 2. The third-order valence-corrected chi connectivity index (χ3v) is 3.55. The van der Waals surface area contributed by atoms with Crippen LogP contribution in [-0.2, 0) is 11.2 Å². The predicted octanol–water partition coefficient (Wildman–Crippen LogP) is 1.56. The molecule has 5 heteroatoms. The highest BCUT2D eigenvalue weighted by Gasteiger charge is 2.56. The SMILES string of the molecule is CC1(C)OC(=O)N(CCc2ccccn2)[C@]1(C)O. The summed E-state index contributed by atoms with van der Waals surface area (Å²) in [4.78, 5) is 17.3. The van der Waals surface area contributed by atoms with Gasteiger partial charge >= 0.3 is 6.09 Å². The number of rotatable bonds is 3. The van der Waals surface area contributed by atoms with Gasteiger partial charge in [0.2, 0.25) is 0 Å². The first-order valence-corrected chi connectivity index (χ1v) is 5.97. The smallest absolute Gasteiger partial charge is 0.412 e. The lowest BCUT2D eigenvalue weighted by atomic mass is 9.96. The maximum atomic E-state index is 11.8. The molecule has 0 radical (unpaired) electrons. The molecule has 5 nitrogen and oxygen atoms in total. The Bertz CT molecular complexity index is 443. The van der Waals surface area contributed by atoms with Crippen molar-refractivity contribution >= 4 is 6.09 Å². The molecule has 98 valence electrons. The zero-order chi connectivity index (χ0) is 13.4. The van der Waals surface area contributed by atoms with Crippen molar-refractivity contribution in [2.45, 2.75) is 38.5 Å². The highest BCUT2D eigenvalue weighted by Crippen LogP contribution is 2.36. The zero-order valence-corrected chi connectivity index (χ0v) is 10.9. The molecule has 0 aromatic carbocycles. The molecule has 1 amide bonds. The summed E-state index contributed by atoms with van der Waals surface area (Å²) in [5.74, 6) is 0. The lowest BCUT2D eigenvalue weighted by Gasteiger charge is -2.34. The lowest BCUT2D eigenvalue weighted by molar-refractivity contribution is -0.126. The third-order valence-electron chi connectivity index (χ3n) is 3.55. The second kappa shape index (κ2) is 4.24. The Morgan fingerprint density at radius 2 is 2.11 bits per heavy atom. The Balaban J connectivity index is 2.08. The fourth-order valence-corrected chi connectivity index (χ4v) is 1.95. The highest BCUT2D eigenvalue weighted by molar-refractivity contribution is 5.72. The molecule has 1 N–H and O–H groups in total. The number of carbonyl (C=O) groups is 1. The van der Waals surface area contributed by atoms with E-state index in [-0.39, 0.29) is 0 Å². The van der Waals surface area contributed by atoms with E-state index in [2.05, 4.69) is 4.98 Å². The van der Waals surface area contributed by atoms with Crippen molar-refractivity contribution in [3.8, 4) is 0 Å². The maximum absolute atomic E-state index is 11.8. The first-order chi connectivity index (χ1) is 8.34. The first-order valence-electron chi connectivity index (χ1n) is 5.97. The van der Waals surface area contributed by atoms with Crippen molar-refractivity contribution in [3.05, 3.63) is 30.1 Å². The molecule has 18 heavy (non-hydrogen) atoms. The molecule has 1 saturated heterocycles. The average molecular weight is 250 g/mol. The van der Waals surface area contributed by atoms with E-state index in [1.165, 1.54) is 4.90 Å². The zero-order valence-electron chi connectivity index (χ0n) is 10.9. The van der Waals surface area contributed by atoms with E-state index in [1.807, 2.05) is 18.2 Å². The normalized spacial score (nSPS) is 26.2. The molecule has 1 fully saturated rings. The molecule has 0 bridgehead atoms. The number of aliphatic hydroxyl groups is 1. The summed E-state index contributed by atoms with van der Waals surface area (Å²) in [7, 11) is 0. The molecule has 2 heterocycles. The van der Waals surface area contributed by atoms with Gasteiger partial charge in [-0.2, -0.15) is 0 Å². The molecule has 2 rings (SSSR count). The molecule has 0 aliphatic carbocycles. The quantitative estimate of drug-likeness (QED) is 0.884. The number of carbonyl (C=O) groups excluding carboxylic acids is 1. The van der Waals surface area contributed by atoms with E-state index in [4.69, 9.17) is 4.74 Å². The molecular weight excluding hydrogens is 232 g/mol. The van der Waals surface area contributed by atoms with Gasteiger partial charge in [0.05, 0.1) is 0 Å². The van der Waals surface area contributed by atoms with Crippen LogP contribution in [0, 0.1) is 0 Å². The van der Waals surface area contributed by atoms with Gasteiger partial charge in [0.1, 0.15) is 0 Å². The van der Waals surface area contributed by atoms with Crippen molar-refractivity contribution in [2.75, 3.05) is 6.54 Å². The van der Waals surface area contributed by atoms with Gasteiger partial charge in [-0.3, -0.25) is 9.88 Å². The van der Waals surface area contributed by atoms with Crippen molar-refractivity contribution in [1.82, 2.24) is 9.88 Å². The lowest BCUT2D eigenvalue weighted by Crippen LogP contribution is -2.54. The van der Waals surface area contributed by atoms with Crippen LogP contribution < -0.4 is 0 Å². The third kappa shape index (κ3) is 2.06. The van der Waals surface area contributed by atoms with Gasteiger partial charge in [-0.05, 0) is 32.9 Å². The number of cyclic esters (lactones) is 1. The largest absolute Gasteiger partial charge is 0.438 e. The van der Waals surface area contributed by atoms with E-state index in [0.717, 1.165) is 5.69 Å². The highest BCUT2D eigenvalue weighted by atomic mass is 16.6. The summed E-state index contributed by atoms with van der Waals surface area (Å²) in [6.07, 6.45) is 1.81. The van der Waals surface area contributed by atoms with Gasteiger partial charge in [-0.15, -0.1) is 0 Å². The summed E-state index contributed by atoms with van der Waals surface area (Å²) in [6, 6.07) is 5.63. The standard InChI is InChI=1S/C13H18N2O3/c1-12(2)13(3,17)15(11(16)18-12)9-7-10-6-4-5-8-14-10/h4-6,8,17H,7,9H2,1-3H3/t13-/m1/s1. The van der Waals surface area contributed by atoms with Crippen molar-refractivity contribution < 1.29 is 14.6 Å². The molecule has 1 aliphatic heterocycles. The summed E-state index contributed by atoms with van der Waals surface area (Å²) in [6.45, 7) is 5.37. The van der Waals surface area contributed by atoms with Gasteiger partial charge in [0.25, 0.3) is 0 Å². The van der Waals surface area contributed by atoms with Crippen LogP contribution in [0.5, 0.6) is 0 Å². The number of hydrogen-bond donors (Lipinski definition) is 1. The molecule has 1 atom stereocenters. The fourth-order valence-electron chi connectivity index (χ4n) is 1.95. The van der Waals surface area contributed by atoms with E-state index in [0.29, 0.717) is 13.0 Å². The Kier molecular flexibility index (Phi) is 3.02. The molecule has 1 aromatic heterocycles. The minimum Gasteiger partial charge on any atom is -0.438 e. The molecule has 0 unspecified atom stereocenters. The van der Waals surface area contributed by atoms with Crippen molar-refractivity contribution in [3.63, 3.8) is 0 Å². The van der Waals surface area contributed by atoms with Gasteiger partial charge in [-0.1, -0.05) is 6.07 Å². The van der Waals surface area contributed by atoms with Gasteiger partial charge in [-0.25, -0.2) is 4.79 Å². The van der Waals surface area contributed by atoms with E-state index < -0.39 is 17.4 Å². The van der Waals surface area contributed by atoms with Crippen LogP contribution in [0.15, 0.2) is 24.4 Å².